The van der Waals surface area contributed by atoms with E-state index in [1.807, 2.05) is 24.3 Å². The highest BCUT2D eigenvalue weighted by Gasteiger charge is 2.14. The lowest BCUT2D eigenvalue weighted by molar-refractivity contribution is 0.110. The van der Waals surface area contributed by atoms with Crippen LogP contribution in [0.25, 0.3) is 0 Å². The zero-order valence-electron chi connectivity index (χ0n) is 15.1. The van der Waals surface area contributed by atoms with E-state index in [1.54, 1.807) is 7.11 Å². The maximum atomic E-state index is 5.97. The van der Waals surface area contributed by atoms with Crippen molar-refractivity contribution in [2.75, 3.05) is 20.3 Å². The molecule has 1 atom stereocenters. The first kappa shape index (κ1) is 17.8. The summed E-state index contributed by atoms with van der Waals surface area (Å²) in [5.41, 5.74) is 3.60. The third-order valence-electron chi connectivity index (χ3n) is 4.60. The molecule has 1 heterocycles. The highest BCUT2D eigenvalue weighted by Crippen LogP contribution is 2.29. The van der Waals surface area contributed by atoms with Gasteiger partial charge in [-0.2, -0.15) is 0 Å². The van der Waals surface area contributed by atoms with Gasteiger partial charge in [-0.1, -0.05) is 30.3 Å². The molecule has 0 saturated carbocycles. The Morgan fingerprint density at radius 2 is 2.04 bits per heavy atom. The van der Waals surface area contributed by atoms with E-state index in [1.165, 1.54) is 23.1 Å². The van der Waals surface area contributed by atoms with Crippen LogP contribution in [-0.4, -0.2) is 26.4 Å². The lowest BCUT2D eigenvalue weighted by Gasteiger charge is -2.14. The van der Waals surface area contributed by atoms with Gasteiger partial charge in [0, 0.05) is 19.7 Å². The number of hydrogen-bond donors (Lipinski definition) is 1. The lowest BCUT2D eigenvalue weighted by atomic mass is 10.1. The first-order valence-electron chi connectivity index (χ1n) is 8.93. The van der Waals surface area contributed by atoms with Gasteiger partial charge in [0.1, 0.15) is 6.61 Å². The number of aryl methyl sites for hydroxylation is 1. The van der Waals surface area contributed by atoms with Crippen LogP contribution in [-0.2, 0) is 17.9 Å². The Hall–Kier alpha value is -2.04. The Morgan fingerprint density at radius 3 is 2.80 bits per heavy atom. The standard InChI is InChI=1S/C21H27NO3/c1-16-6-3-4-7-18(16)15-25-20-10-9-17(12-21(20)23-2)13-22-14-19-8-5-11-24-19/h3-4,6-7,9-10,12,19,22H,5,8,11,13-15H2,1-2H3/t19-/m0/s1. The zero-order chi connectivity index (χ0) is 17.5. The van der Waals surface area contributed by atoms with Gasteiger partial charge in [-0.25, -0.2) is 0 Å². The number of ether oxygens (including phenoxy) is 3. The summed E-state index contributed by atoms with van der Waals surface area (Å²) in [6.45, 7) is 5.23. The molecule has 134 valence electrons. The maximum Gasteiger partial charge on any atom is 0.161 e. The van der Waals surface area contributed by atoms with Crippen molar-refractivity contribution in [2.45, 2.75) is 39.0 Å². The Balaban J connectivity index is 1.56. The molecule has 2 aromatic carbocycles. The van der Waals surface area contributed by atoms with E-state index in [4.69, 9.17) is 14.2 Å². The number of benzene rings is 2. The minimum absolute atomic E-state index is 0.360. The second-order valence-electron chi connectivity index (χ2n) is 6.47. The summed E-state index contributed by atoms with van der Waals surface area (Å²) in [5, 5.41) is 3.46. The smallest absolute Gasteiger partial charge is 0.161 e. The van der Waals surface area contributed by atoms with Gasteiger partial charge in [0.25, 0.3) is 0 Å². The molecule has 0 unspecified atom stereocenters. The molecular formula is C21H27NO3. The van der Waals surface area contributed by atoms with Gasteiger partial charge in [0.15, 0.2) is 11.5 Å². The van der Waals surface area contributed by atoms with Crippen LogP contribution < -0.4 is 14.8 Å². The molecule has 0 amide bonds. The predicted octanol–water partition coefficient (Wildman–Crippen LogP) is 3.85. The summed E-state index contributed by atoms with van der Waals surface area (Å²) in [6.07, 6.45) is 2.69. The lowest BCUT2D eigenvalue weighted by Crippen LogP contribution is -2.25. The molecule has 2 aromatic rings. The zero-order valence-corrected chi connectivity index (χ0v) is 15.1. The molecule has 1 saturated heterocycles. The Bertz CT molecular complexity index is 681. The van der Waals surface area contributed by atoms with Gasteiger partial charge in [-0.3, -0.25) is 0 Å². The van der Waals surface area contributed by atoms with E-state index in [2.05, 4.69) is 30.4 Å². The van der Waals surface area contributed by atoms with Crippen molar-refractivity contribution in [3.63, 3.8) is 0 Å². The summed E-state index contributed by atoms with van der Waals surface area (Å²) in [5.74, 6) is 1.54. The van der Waals surface area contributed by atoms with Crippen molar-refractivity contribution in [1.29, 1.82) is 0 Å². The predicted molar refractivity (Wildman–Crippen MR) is 99.2 cm³/mol. The normalized spacial score (nSPS) is 16.8. The molecule has 0 radical (unpaired) electrons. The first-order valence-corrected chi connectivity index (χ1v) is 8.93. The van der Waals surface area contributed by atoms with Gasteiger partial charge >= 0.3 is 0 Å². The van der Waals surface area contributed by atoms with Gasteiger partial charge in [-0.05, 0) is 48.6 Å². The van der Waals surface area contributed by atoms with Crippen LogP contribution in [0.5, 0.6) is 11.5 Å². The maximum absolute atomic E-state index is 5.97. The quantitative estimate of drug-likeness (QED) is 0.792. The van der Waals surface area contributed by atoms with Crippen molar-refractivity contribution >= 4 is 0 Å². The van der Waals surface area contributed by atoms with E-state index in [9.17, 15) is 0 Å². The van der Waals surface area contributed by atoms with Gasteiger partial charge in [0.2, 0.25) is 0 Å². The highest BCUT2D eigenvalue weighted by molar-refractivity contribution is 5.43. The molecule has 25 heavy (non-hydrogen) atoms. The molecule has 4 nitrogen and oxygen atoms in total. The van der Waals surface area contributed by atoms with Crippen LogP contribution in [0, 0.1) is 6.92 Å². The van der Waals surface area contributed by atoms with Gasteiger partial charge in [0.05, 0.1) is 13.2 Å². The number of rotatable bonds is 8. The van der Waals surface area contributed by atoms with E-state index < -0.39 is 0 Å². The SMILES string of the molecule is COc1cc(CNC[C@@H]2CCCO2)ccc1OCc1ccccc1C. The van der Waals surface area contributed by atoms with E-state index in [0.717, 1.165) is 37.6 Å². The van der Waals surface area contributed by atoms with E-state index in [0.29, 0.717) is 12.7 Å². The molecular weight excluding hydrogens is 314 g/mol. The van der Waals surface area contributed by atoms with Crippen LogP contribution >= 0.6 is 0 Å². The molecule has 0 aromatic heterocycles. The molecule has 1 aliphatic rings. The largest absolute Gasteiger partial charge is 0.493 e. The fourth-order valence-corrected chi connectivity index (χ4v) is 3.05. The monoisotopic (exact) mass is 341 g/mol. The Labute approximate surface area is 150 Å². The Kier molecular flexibility index (Phi) is 6.31. The molecule has 0 bridgehead atoms. The molecule has 1 fully saturated rings. The Morgan fingerprint density at radius 1 is 1.16 bits per heavy atom. The average molecular weight is 341 g/mol. The number of hydrogen-bond acceptors (Lipinski definition) is 4. The van der Waals surface area contributed by atoms with Crippen LogP contribution in [0.2, 0.25) is 0 Å². The molecule has 1 N–H and O–H groups in total. The molecule has 0 aliphatic carbocycles. The fourth-order valence-electron chi connectivity index (χ4n) is 3.05. The molecule has 4 heteroatoms. The van der Waals surface area contributed by atoms with E-state index in [-0.39, 0.29) is 0 Å². The summed E-state index contributed by atoms with van der Waals surface area (Å²) in [4.78, 5) is 0. The number of methoxy groups -OCH3 is 1. The minimum atomic E-state index is 0.360. The fraction of sp³-hybridized carbons (Fsp3) is 0.429. The van der Waals surface area contributed by atoms with Crippen molar-refractivity contribution in [2.24, 2.45) is 0 Å². The summed E-state index contributed by atoms with van der Waals surface area (Å²) >= 11 is 0. The second kappa shape index (κ2) is 8.88. The van der Waals surface area contributed by atoms with E-state index >= 15 is 0 Å². The third kappa shape index (κ3) is 4.97. The summed E-state index contributed by atoms with van der Waals surface area (Å²) in [7, 11) is 1.68. The van der Waals surface area contributed by atoms with Gasteiger partial charge < -0.3 is 19.5 Å². The average Bonchev–Trinajstić information content (AvgIpc) is 3.15. The van der Waals surface area contributed by atoms with Crippen LogP contribution in [0.4, 0.5) is 0 Å². The topological polar surface area (TPSA) is 39.7 Å². The van der Waals surface area contributed by atoms with Crippen LogP contribution in [0.3, 0.4) is 0 Å². The van der Waals surface area contributed by atoms with Crippen molar-refractivity contribution in [1.82, 2.24) is 5.32 Å². The van der Waals surface area contributed by atoms with Crippen molar-refractivity contribution < 1.29 is 14.2 Å². The van der Waals surface area contributed by atoms with Crippen LogP contribution in [0.1, 0.15) is 29.5 Å². The first-order chi connectivity index (χ1) is 12.3. The summed E-state index contributed by atoms with van der Waals surface area (Å²) in [6, 6.07) is 14.4. The van der Waals surface area contributed by atoms with Crippen LogP contribution in [0.15, 0.2) is 42.5 Å². The number of nitrogens with one attached hydrogen (secondary N) is 1. The molecule has 3 rings (SSSR count). The van der Waals surface area contributed by atoms with Crippen molar-refractivity contribution in [3.8, 4) is 11.5 Å². The highest BCUT2D eigenvalue weighted by atomic mass is 16.5. The van der Waals surface area contributed by atoms with Gasteiger partial charge in [-0.15, -0.1) is 0 Å². The van der Waals surface area contributed by atoms with Crippen molar-refractivity contribution in [3.05, 3.63) is 59.2 Å². The second-order valence-corrected chi connectivity index (χ2v) is 6.47. The molecule has 0 spiro atoms. The third-order valence-corrected chi connectivity index (χ3v) is 4.60. The molecule has 1 aliphatic heterocycles. The summed E-state index contributed by atoms with van der Waals surface area (Å²) < 4.78 is 17.1. The minimum Gasteiger partial charge on any atom is -0.493 e.